The zero-order valence-electron chi connectivity index (χ0n) is 14.6. The van der Waals surface area contributed by atoms with Gasteiger partial charge in [0.15, 0.2) is 0 Å². The summed E-state index contributed by atoms with van der Waals surface area (Å²) in [5.41, 5.74) is 1.13. The molecule has 0 aromatic carbocycles. The van der Waals surface area contributed by atoms with Gasteiger partial charge in [0.25, 0.3) is 0 Å². The van der Waals surface area contributed by atoms with Crippen LogP contribution in [0.5, 0.6) is 0 Å². The number of aromatic nitrogens is 1. The summed E-state index contributed by atoms with van der Waals surface area (Å²) in [5.74, 6) is -0.799. The second-order valence-electron chi connectivity index (χ2n) is 6.86. The van der Waals surface area contributed by atoms with Crippen LogP contribution in [0.3, 0.4) is 0 Å². The number of likely N-dealkylation sites (tertiary alicyclic amines) is 1. The molecule has 1 aliphatic heterocycles. The van der Waals surface area contributed by atoms with E-state index in [4.69, 9.17) is 5.11 Å². The Kier molecular flexibility index (Phi) is 5.53. The minimum atomic E-state index is -0.799. The molecule has 1 saturated heterocycles. The average Bonchev–Trinajstić information content (AvgIpc) is 3.06. The van der Waals surface area contributed by atoms with Crippen LogP contribution < -0.4 is 5.32 Å². The molecular formula is C18H26N4O3. The molecule has 1 aromatic rings. The molecule has 0 spiro atoms. The quantitative estimate of drug-likeness (QED) is 0.821. The van der Waals surface area contributed by atoms with E-state index in [-0.39, 0.29) is 30.7 Å². The van der Waals surface area contributed by atoms with Crippen LogP contribution in [0.15, 0.2) is 24.5 Å². The van der Waals surface area contributed by atoms with Crippen LogP contribution >= 0.6 is 0 Å². The van der Waals surface area contributed by atoms with E-state index in [1.165, 1.54) is 0 Å². The van der Waals surface area contributed by atoms with E-state index in [9.17, 15) is 9.59 Å². The van der Waals surface area contributed by atoms with Crippen LogP contribution in [-0.2, 0) is 4.79 Å². The topological polar surface area (TPSA) is 85.8 Å². The van der Waals surface area contributed by atoms with Crippen molar-refractivity contribution >= 4 is 12.0 Å². The Morgan fingerprint density at radius 3 is 2.72 bits per heavy atom. The molecule has 136 valence electrons. The fourth-order valence-corrected chi connectivity index (χ4v) is 3.88. The van der Waals surface area contributed by atoms with Crippen molar-refractivity contribution in [2.45, 2.75) is 50.7 Å². The van der Waals surface area contributed by atoms with E-state index < -0.39 is 5.97 Å². The number of likely N-dealkylation sites (N-methyl/N-ethyl adjacent to an activating group) is 1. The van der Waals surface area contributed by atoms with Gasteiger partial charge in [0.1, 0.15) is 0 Å². The van der Waals surface area contributed by atoms with Crippen LogP contribution in [0.25, 0.3) is 0 Å². The van der Waals surface area contributed by atoms with Crippen molar-refractivity contribution in [2.75, 3.05) is 19.6 Å². The second kappa shape index (κ2) is 7.82. The molecule has 2 N–H and O–H groups in total. The van der Waals surface area contributed by atoms with E-state index in [1.54, 1.807) is 12.4 Å². The monoisotopic (exact) mass is 346 g/mol. The summed E-state index contributed by atoms with van der Waals surface area (Å²) in [5, 5.41) is 12.1. The summed E-state index contributed by atoms with van der Waals surface area (Å²) >= 11 is 0. The lowest BCUT2D eigenvalue weighted by Gasteiger charge is -2.43. The van der Waals surface area contributed by atoms with Gasteiger partial charge >= 0.3 is 12.0 Å². The fourth-order valence-electron chi connectivity index (χ4n) is 3.88. The summed E-state index contributed by atoms with van der Waals surface area (Å²) in [6, 6.07) is 4.45. The number of carboxylic acid groups (broad SMARTS) is 1. The molecule has 1 unspecified atom stereocenters. The zero-order chi connectivity index (χ0) is 17.8. The molecule has 1 saturated carbocycles. The van der Waals surface area contributed by atoms with Crippen molar-refractivity contribution in [3.8, 4) is 0 Å². The molecule has 25 heavy (non-hydrogen) atoms. The van der Waals surface area contributed by atoms with Crippen molar-refractivity contribution in [3.63, 3.8) is 0 Å². The normalized spacial score (nSPS) is 25.7. The number of hydrogen-bond donors (Lipinski definition) is 2. The lowest BCUT2D eigenvalue weighted by Crippen LogP contribution is -2.56. The number of pyridine rings is 1. The number of amides is 2. The SMILES string of the molecule is CCN(CC(=O)O)C1CC(NC(=O)N2CCCC2c2ccncc2)C1. The maximum absolute atomic E-state index is 12.6. The smallest absolute Gasteiger partial charge is 0.318 e. The third-order valence-electron chi connectivity index (χ3n) is 5.31. The number of nitrogens with zero attached hydrogens (tertiary/aromatic N) is 3. The van der Waals surface area contributed by atoms with Gasteiger partial charge in [-0.3, -0.25) is 14.7 Å². The van der Waals surface area contributed by atoms with Crippen molar-refractivity contribution < 1.29 is 14.7 Å². The number of rotatable bonds is 6. The Morgan fingerprint density at radius 1 is 1.36 bits per heavy atom. The zero-order valence-corrected chi connectivity index (χ0v) is 14.6. The second-order valence-corrected chi connectivity index (χ2v) is 6.86. The van der Waals surface area contributed by atoms with Crippen molar-refractivity contribution in [1.82, 2.24) is 20.1 Å². The number of carbonyl (C=O) groups is 2. The highest BCUT2D eigenvalue weighted by molar-refractivity contribution is 5.75. The maximum Gasteiger partial charge on any atom is 0.318 e. The highest BCUT2D eigenvalue weighted by atomic mass is 16.4. The van der Waals surface area contributed by atoms with Crippen LogP contribution in [-0.4, -0.2) is 63.6 Å². The molecule has 1 atom stereocenters. The Bertz CT molecular complexity index is 604. The molecular weight excluding hydrogens is 320 g/mol. The number of carbonyl (C=O) groups excluding carboxylic acids is 1. The largest absolute Gasteiger partial charge is 0.480 e. The van der Waals surface area contributed by atoms with E-state index in [2.05, 4.69) is 10.3 Å². The van der Waals surface area contributed by atoms with Gasteiger partial charge in [0.05, 0.1) is 12.6 Å². The first kappa shape index (κ1) is 17.7. The first-order valence-corrected chi connectivity index (χ1v) is 9.01. The van der Waals surface area contributed by atoms with Gasteiger partial charge in [-0.2, -0.15) is 0 Å². The van der Waals surface area contributed by atoms with E-state index in [0.717, 1.165) is 37.8 Å². The summed E-state index contributed by atoms with van der Waals surface area (Å²) in [4.78, 5) is 31.5. The Hall–Kier alpha value is -2.15. The van der Waals surface area contributed by atoms with Crippen LogP contribution in [0, 0.1) is 0 Å². The predicted molar refractivity (Wildman–Crippen MR) is 93.1 cm³/mol. The van der Waals surface area contributed by atoms with Gasteiger partial charge in [-0.05, 0) is 49.9 Å². The standard InChI is InChI=1S/C18H26N4O3/c1-2-21(12-17(23)24)15-10-14(11-15)20-18(25)22-9-3-4-16(22)13-5-7-19-8-6-13/h5-8,14-16H,2-4,9-12H2,1H3,(H,20,25)(H,23,24). The summed E-state index contributed by atoms with van der Waals surface area (Å²) in [6.07, 6.45) is 7.16. The van der Waals surface area contributed by atoms with Crippen molar-refractivity contribution in [1.29, 1.82) is 0 Å². The van der Waals surface area contributed by atoms with Crippen LogP contribution in [0.4, 0.5) is 4.79 Å². The molecule has 0 bridgehead atoms. The minimum Gasteiger partial charge on any atom is -0.480 e. The van der Waals surface area contributed by atoms with Crippen LogP contribution in [0.1, 0.15) is 44.2 Å². The van der Waals surface area contributed by atoms with Gasteiger partial charge in [0.2, 0.25) is 0 Å². The molecule has 2 aliphatic rings. The first-order chi connectivity index (χ1) is 12.1. The fraction of sp³-hybridized carbons (Fsp3) is 0.611. The molecule has 1 aliphatic carbocycles. The summed E-state index contributed by atoms with van der Waals surface area (Å²) < 4.78 is 0. The number of nitrogens with one attached hydrogen (secondary N) is 1. The van der Waals surface area contributed by atoms with Gasteiger partial charge in [-0.25, -0.2) is 4.79 Å². The molecule has 7 heteroatoms. The van der Waals surface area contributed by atoms with Gasteiger partial charge in [-0.15, -0.1) is 0 Å². The Labute approximate surface area is 148 Å². The lowest BCUT2D eigenvalue weighted by molar-refractivity contribution is -0.139. The molecule has 7 nitrogen and oxygen atoms in total. The summed E-state index contributed by atoms with van der Waals surface area (Å²) in [7, 11) is 0. The molecule has 1 aromatic heterocycles. The summed E-state index contributed by atoms with van der Waals surface area (Å²) in [6.45, 7) is 3.53. The molecule has 0 radical (unpaired) electrons. The van der Waals surface area contributed by atoms with Gasteiger partial charge < -0.3 is 15.3 Å². The van der Waals surface area contributed by atoms with E-state index in [0.29, 0.717) is 6.54 Å². The molecule has 2 heterocycles. The molecule has 2 fully saturated rings. The van der Waals surface area contributed by atoms with Gasteiger partial charge in [0, 0.05) is 31.0 Å². The molecule has 2 amide bonds. The lowest BCUT2D eigenvalue weighted by atomic mass is 9.85. The van der Waals surface area contributed by atoms with Crippen LogP contribution in [0.2, 0.25) is 0 Å². The van der Waals surface area contributed by atoms with Gasteiger partial charge in [-0.1, -0.05) is 6.92 Å². The maximum atomic E-state index is 12.6. The minimum absolute atomic E-state index is 0.0101. The average molecular weight is 346 g/mol. The van der Waals surface area contributed by atoms with E-state index >= 15 is 0 Å². The van der Waals surface area contributed by atoms with Crippen molar-refractivity contribution in [2.24, 2.45) is 0 Å². The number of urea groups is 1. The number of hydrogen-bond acceptors (Lipinski definition) is 4. The highest BCUT2D eigenvalue weighted by Gasteiger charge is 2.37. The molecule has 3 rings (SSSR count). The van der Waals surface area contributed by atoms with Crippen molar-refractivity contribution in [3.05, 3.63) is 30.1 Å². The van der Waals surface area contributed by atoms with E-state index in [1.807, 2.05) is 28.9 Å². The predicted octanol–water partition coefficient (Wildman–Crippen LogP) is 1.87. The Balaban J connectivity index is 1.51. The third-order valence-corrected chi connectivity index (χ3v) is 5.31. The third kappa shape index (κ3) is 4.10. The highest BCUT2D eigenvalue weighted by Crippen LogP contribution is 2.32. The first-order valence-electron chi connectivity index (χ1n) is 9.01. The Morgan fingerprint density at radius 2 is 2.08 bits per heavy atom. The number of carboxylic acids is 1. The number of aliphatic carboxylic acids is 1.